The normalized spacial score (nSPS) is 11.2. The monoisotopic (exact) mass is 401 g/mol. The number of aromatic amines is 1. The van der Waals surface area contributed by atoms with Crippen molar-refractivity contribution in [3.05, 3.63) is 94.3 Å². The van der Waals surface area contributed by atoms with E-state index in [9.17, 15) is 9.59 Å². The summed E-state index contributed by atoms with van der Waals surface area (Å²) >= 11 is 0. The van der Waals surface area contributed by atoms with Crippen molar-refractivity contribution in [3.8, 4) is 0 Å². The Kier molecular flexibility index (Phi) is 5.43. The topological polar surface area (TPSA) is 83.9 Å². The van der Waals surface area contributed by atoms with Gasteiger partial charge in [0.2, 0.25) is 0 Å². The average Bonchev–Trinajstić information content (AvgIpc) is 3.25. The standard InChI is InChI=1S/C23H23N5O2/c1-16(2)28(15-21-25-20-7-4-3-6-19(20)22(29)26-21)23(30)18-10-8-17(9-11-18)14-27-13-5-12-24-27/h3-13,16H,14-15H2,1-2H3,(H,25,26,29). The summed E-state index contributed by atoms with van der Waals surface area (Å²) in [5, 5.41) is 4.74. The van der Waals surface area contributed by atoms with Crippen molar-refractivity contribution >= 4 is 16.8 Å². The summed E-state index contributed by atoms with van der Waals surface area (Å²) in [5.74, 6) is 0.363. The van der Waals surface area contributed by atoms with E-state index in [0.717, 1.165) is 5.56 Å². The maximum atomic E-state index is 13.2. The number of para-hydroxylation sites is 1. The van der Waals surface area contributed by atoms with E-state index in [-0.39, 0.29) is 24.1 Å². The number of hydrogen-bond donors (Lipinski definition) is 1. The molecule has 4 rings (SSSR count). The molecule has 0 aliphatic rings. The van der Waals surface area contributed by atoms with Crippen molar-refractivity contribution in [1.29, 1.82) is 0 Å². The largest absolute Gasteiger partial charge is 0.329 e. The summed E-state index contributed by atoms with van der Waals surface area (Å²) in [6.07, 6.45) is 3.64. The number of nitrogens with one attached hydrogen (secondary N) is 1. The number of carbonyl (C=O) groups is 1. The molecule has 1 N–H and O–H groups in total. The summed E-state index contributed by atoms with van der Waals surface area (Å²) in [7, 11) is 0. The van der Waals surface area contributed by atoms with Crippen LogP contribution in [0.3, 0.4) is 0 Å². The van der Waals surface area contributed by atoms with Gasteiger partial charge in [-0.2, -0.15) is 5.10 Å². The molecule has 30 heavy (non-hydrogen) atoms. The summed E-state index contributed by atoms with van der Waals surface area (Å²) in [6.45, 7) is 4.77. The van der Waals surface area contributed by atoms with Crippen LogP contribution in [0.15, 0.2) is 71.8 Å². The first-order valence-corrected chi connectivity index (χ1v) is 9.86. The van der Waals surface area contributed by atoms with Gasteiger partial charge in [0.1, 0.15) is 5.82 Å². The highest BCUT2D eigenvalue weighted by Crippen LogP contribution is 2.14. The van der Waals surface area contributed by atoms with Crippen LogP contribution in [0.5, 0.6) is 0 Å². The molecule has 2 aromatic heterocycles. The average molecular weight is 401 g/mol. The highest BCUT2D eigenvalue weighted by molar-refractivity contribution is 5.94. The predicted molar refractivity (Wildman–Crippen MR) is 115 cm³/mol. The number of carbonyl (C=O) groups excluding carboxylic acids is 1. The zero-order valence-electron chi connectivity index (χ0n) is 16.9. The van der Waals surface area contributed by atoms with Gasteiger partial charge >= 0.3 is 0 Å². The van der Waals surface area contributed by atoms with Crippen LogP contribution in [0.25, 0.3) is 10.9 Å². The van der Waals surface area contributed by atoms with Crippen molar-refractivity contribution in [2.24, 2.45) is 0 Å². The second-order valence-electron chi connectivity index (χ2n) is 7.46. The maximum Gasteiger partial charge on any atom is 0.258 e. The van der Waals surface area contributed by atoms with E-state index in [0.29, 0.717) is 28.8 Å². The fraction of sp³-hybridized carbons (Fsp3) is 0.217. The van der Waals surface area contributed by atoms with Crippen LogP contribution in [0.2, 0.25) is 0 Å². The lowest BCUT2D eigenvalue weighted by atomic mass is 10.1. The molecular formula is C23H23N5O2. The van der Waals surface area contributed by atoms with Crippen LogP contribution in [0, 0.1) is 0 Å². The summed E-state index contributed by atoms with van der Waals surface area (Å²) in [5.41, 5.74) is 2.08. The lowest BCUT2D eigenvalue weighted by Crippen LogP contribution is -2.37. The minimum atomic E-state index is -0.199. The van der Waals surface area contributed by atoms with E-state index in [4.69, 9.17) is 0 Å². The number of H-pyrrole nitrogens is 1. The quantitative estimate of drug-likeness (QED) is 0.538. The fourth-order valence-corrected chi connectivity index (χ4v) is 3.36. The van der Waals surface area contributed by atoms with Crippen LogP contribution in [-0.2, 0) is 13.1 Å². The van der Waals surface area contributed by atoms with Crippen LogP contribution >= 0.6 is 0 Å². The highest BCUT2D eigenvalue weighted by atomic mass is 16.2. The third-order valence-corrected chi connectivity index (χ3v) is 4.97. The molecular weight excluding hydrogens is 378 g/mol. The Morgan fingerprint density at radius 3 is 2.57 bits per heavy atom. The number of rotatable bonds is 6. The molecule has 0 spiro atoms. The van der Waals surface area contributed by atoms with Gasteiger partial charge < -0.3 is 9.88 Å². The lowest BCUT2D eigenvalue weighted by Gasteiger charge is -2.26. The molecule has 2 heterocycles. The fourth-order valence-electron chi connectivity index (χ4n) is 3.36. The Bertz CT molecular complexity index is 1210. The molecule has 0 atom stereocenters. The minimum Gasteiger partial charge on any atom is -0.329 e. The highest BCUT2D eigenvalue weighted by Gasteiger charge is 2.20. The molecule has 2 aromatic carbocycles. The SMILES string of the molecule is CC(C)N(Cc1nc2ccccc2c(=O)[nH]1)C(=O)c1ccc(Cn2cccn2)cc1. The van der Waals surface area contributed by atoms with Crippen LogP contribution in [0.4, 0.5) is 0 Å². The summed E-state index contributed by atoms with van der Waals surface area (Å²) < 4.78 is 1.83. The van der Waals surface area contributed by atoms with E-state index in [1.54, 1.807) is 29.3 Å². The van der Waals surface area contributed by atoms with E-state index in [1.165, 1.54) is 0 Å². The molecule has 0 unspecified atom stereocenters. The molecule has 0 aliphatic carbocycles. The number of benzene rings is 2. The molecule has 0 fully saturated rings. The first kappa shape index (κ1) is 19.6. The first-order chi connectivity index (χ1) is 14.5. The second-order valence-corrected chi connectivity index (χ2v) is 7.46. The van der Waals surface area contributed by atoms with E-state index in [1.807, 2.05) is 61.1 Å². The maximum absolute atomic E-state index is 13.2. The van der Waals surface area contributed by atoms with Gasteiger partial charge in [-0.25, -0.2) is 4.98 Å². The number of aromatic nitrogens is 4. The Balaban J connectivity index is 1.55. The summed E-state index contributed by atoms with van der Waals surface area (Å²) in [6, 6.07) is 16.5. The predicted octanol–water partition coefficient (Wildman–Crippen LogP) is 3.22. The molecule has 7 heteroatoms. The zero-order valence-corrected chi connectivity index (χ0v) is 16.9. The first-order valence-electron chi connectivity index (χ1n) is 9.86. The number of nitrogens with zero attached hydrogens (tertiary/aromatic N) is 4. The van der Waals surface area contributed by atoms with Crippen molar-refractivity contribution in [2.45, 2.75) is 33.0 Å². The van der Waals surface area contributed by atoms with Crippen LogP contribution in [-0.4, -0.2) is 36.6 Å². The van der Waals surface area contributed by atoms with Crippen LogP contribution < -0.4 is 5.56 Å². The Morgan fingerprint density at radius 2 is 1.87 bits per heavy atom. The second kappa shape index (κ2) is 8.32. The molecule has 7 nitrogen and oxygen atoms in total. The Labute approximate surface area is 174 Å². The van der Waals surface area contributed by atoms with Crippen LogP contribution in [0.1, 0.15) is 35.6 Å². The smallest absolute Gasteiger partial charge is 0.258 e. The minimum absolute atomic E-state index is 0.0574. The van der Waals surface area contributed by atoms with E-state index >= 15 is 0 Å². The number of amides is 1. The molecule has 0 bridgehead atoms. The van der Waals surface area contributed by atoms with Crippen molar-refractivity contribution in [1.82, 2.24) is 24.6 Å². The molecule has 1 amide bonds. The van der Waals surface area contributed by atoms with Gasteiger partial charge in [0.15, 0.2) is 0 Å². The molecule has 152 valence electrons. The van der Waals surface area contributed by atoms with Crippen molar-refractivity contribution in [2.75, 3.05) is 0 Å². The van der Waals surface area contributed by atoms with Gasteiger partial charge in [-0.15, -0.1) is 0 Å². The molecule has 0 aliphatic heterocycles. The number of hydrogen-bond acceptors (Lipinski definition) is 4. The molecule has 4 aromatic rings. The Morgan fingerprint density at radius 1 is 1.10 bits per heavy atom. The van der Waals surface area contributed by atoms with Gasteiger partial charge in [-0.3, -0.25) is 14.3 Å². The number of fused-ring (bicyclic) bond motifs is 1. The Hall–Kier alpha value is -3.74. The van der Waals surface area contributed by atoms with E-state index < -0.39 is 0 Å². The zero-order chi connectivity index (χ0) is 21.1. The van der Waals surface area contributed by atoms with Gasteiger partial charge in [-0.1, -0.05) is 24.3 Å². The van der Waals surface area contributed by atoms with Crippen molar-refractivity contribution < 1.29 is 4.79 Å². The lowest BCUT2D eigenvalue weighted by molar-refractivity contribution is 0.0685. The van der Waals surface area contributed by atoms with Gasteiger partial charge in [0.05, 0.1) is 24.0 Å². The molecule has 0 saturated heterocycles. The van der Waals surface area contributed by atoms with Gasteiger partial charge in [-0.05, 0) is 49.7 Å². The van der Waals surface area contributed by atoms with Gasteiger partial charge in [0.25, 0.3) is 11.5 Å². The van der Waals surface area contributed by atoms with E-state index in [2.05, 4.69) is 15.1 Å². The molecule has 0 saturated carbocycles. The van der Waals surface area contributed by atoms with Crippen molar-refractivity contribution in [3.63, 3.8) is 0 Å². The third-order valence-electron chi connectivity index (χ3n) is 4.97. The summed E-state index contributed by atoms with van der Waals surface area (Å²) in [4.78, 5) is 34.5. The molecule has 0 radical (unpaired) electrons. The van der Waals surface area contributed by atoms with Gasteiger partial charge in [0, 0.05) is 24.0 Å². The third kappa shape index (κ3) is 4.15.